The maximum absolute atomic E-state index is 8.55. The number of para-hydroxylation sites is 1. The number of nitrogens with zero attached hydrogens (tertiary/aromatic N) is 3. The fourth-order valence-corrected chi connectivity index (χ4v) is 13.2. The van der Waals surface area contributed by atoms with Crippen molar-refractivity contribution in [3.05, 3.63) is 257 Å². The van der Waals surface area contributed by atoms with E-state index in [1.165, 1.54) is 37.9 Å². The first-order valence-corrected chi connectivity index (χ1v) is 32.2. The minimum atomic E-state index is -0.0846. The van der Waals surface area contributed by atoms with E-state index in [1.807, 2.05) is 6.07 Å². The number of furan rings is 1. The molecule has 0 atom stereocenters. The van der Waals surface area contributed by atoms with E-state index in [1.54, 1.807) is 11.3 Å². The topological polar surface area (TPSA) is 22.9 Å². The minimum Gasteiger partial charge on any atom is -0.456 e. The molecule has 0 saturated heterocycles. The lowest BCUT2D eigenvalue weighted by Gasteiger charge is -2.34. The third kappa shape index (κ3) is 11.8. The van der Waals surface area contributed by atoms with Crippen LogP contribution in [0.4, 0.5) is 51.2 Å². The smallest absolute Gasteiger partial charge is 0.136 e. The monoisotopic (exact) mass is 1190 g/mol. The molecule has 444 valence electrons. The molecule has 2 aromatic heterocycles. The van der Waals surface area contributed by atoms with Crippen molar-refractivity contribution in [3.63, 3.8) is 0 Å². The van der Waals surface area contributed by atoms with Crippen LogP contribution in [-0.2, 0) is 27.1 Å². The van der Waals surface area contributed by atoms with Gasteiger partial charge in [0.1, 0.15) is 11.2 Å². The van der Waals surface area contributed by atoms with Gasteiger partial charge in [0.15, 0.2) is 0 Å². The predicted octanol–water partition coefficient (Wildman–Crippen LogP) is 25.7. The third-order valence-corrected chi connectivity index (χ3v) is 18.8. The molecule has 0 radical (unpaired) electrons. The van der Waals surface area contributed by atoms with Crippen LogP contribution < -0.4 is 14.7 Å². The minimum absolute atomic E-state index is 0.0301. The molecule has 0 N–H and O–H groups in total. The maximum atomic E-state index is 8.55. The second kappa shape index (κ2) is 22.7. The Balaban J connectivity index is 1.18. The van der Waals surface area contributed by atoms with Crippen molar-refractivity contribution in [2.45, 2.75) is 131 Å². The summed E-state index contributed by atoms with van der Waals surface area (Å²) < 4.78 is 7.88. The number of hydrogen-bond acceptors (Lipinski definition) is 5. The van der Waals surface area contributed by atoms with E-state index in [0.717, 1.165) is 95.4 Å². The van der Waals surface area contributed by atoms with E-state index in [0.29, 0.717) is 5.02 Å². The Morgan fingerprint density at radius 2 is 0.739 bits per heavy atom. The first-order valence-electron chi connectivity index (χ1n) is 31.0. The van der Waals surface area contributed by atoms with Gasteiger partial charge in [-0.2, -0.15) is 0 Å². The first kappa shape index (κ1) is 60.0. The number of anilines is 9. The number of fused-ring (bicyclic) bond motifs is 4. The molecule has 12 rings (SSSR count). The summed E-state index contributed by atoms with van der Waals surface area (Å²) in [5.41, 5.74) is 20.7. The second-order valence-electron chi connectivity index (χ2n) is 29.0. The van der Waals surface area contributed by atoms with Gasteiger partial charge in [-0.3, -0.25) is 0 Å². The van der Waals surface area contributed by atoms with E-state index >= 15 is 0 Å². The molecule has 0 aliphatic carbocycles. The molecule has 2 heterocycles. The van der Waals surface area contributed by atoms with Gasteiger partial charge in [0.05, 0.1) is 27.8 Å². The van der Waals surface area contributed by atoms with Gasteiger partial charge in [-0.25, -0.2) is 0 Å². The van der Waals surface area contributed by atoms with E-state index in [-0.39, 0.29) is 27.1 Å². The molecule has 4 nitrogen and oxygen atoms in total. The lowest BCUT2D eigenvalue weighted by molar-refractivity contribution is 0.590. The summed E-state index contributed by atoms with van der Waals surface area (Å²) in [4.78, 5) is 7.23. The van der Waals surface area contributed by atoms with Crippen LogP contribution in [0.15, 0.2) is 228 Å². The van der Waals surface area contributed by atoms with E-state index < -0.39 is 0 Å². The molecule has 0 aliphatic rings. The summed E-state index contributed by atoms with van der Waals surface area (Å²) in [6.07, 6.45) is 0. The summed E-state index contributed by atoms with van der Waals surface area (Å²) in [6, 6.07) is 80.8. The fraction of sp³-hybridized carbons (Fsp3) is 0.244. The van der Waals surface area contributed by atoms with Gasteiger partial charge in [-0.05, 0) is 175 Å². The van der Waals surface area contributed by atoms with Crippen molar-refractivity contribution in [1.29, 1.82) is 0 Å². The Kier molecular flexibility index (Phi) is 15.4. The highest BCUT2D eigenvalue weighted by Crippen LogP contribution is 2.54. The largest absolute Gasteiger partial charge is 0.456 e. The van der Waals surface area contributed by atoms with Crippen molar-refractivity contribution in [2.75, 3.05) is 14.7 Å². The molecule has 10 aromatic carbocycles. The van der Waals surface area contributed by atoms with Gasteiger partial charge in [-0.15, -0.1) is 11.3 Å². The predicted molar refractivity (Wildman–Crippen MR) is 383 cm³/mol. The highest BCUT2D eigenvalue weighted by atomic mass is 35.5. The van der Waals surface area contributed by atoms with Crippen molar-refractivity contribution in [2.24, 2.45) is 0 Å². The van der Waals surface area contributed by atoms with Crippen molar-refractivity contribution >= 4 is 106 Å². The fourth-order valence-electron chi connectivity index (χ4n) is 12.1. The SMILES string of the molecule is CC(C)(C)c1ccc(N(c2ccc(C(C)(C)C)cc2)c2cc(N(c3ccc(C(C)(C)C)cc3)c3cc(-c4ccc5c(c4)oc4ccccc45)cc(N(c4ccc(C(C)(C)C)cc4)c4csc5ccc(C(C)(C)C)cc45)c3Cl)ccc2-c2ccccc2)cc1. The zero-order chi connectivity index (χ0) is 62.2. The number of halogens is 1. The van der Waals surface area contributed by atoms with Gasteiger partial charge < -0.3 is 19.1 Å². The van der Waals surface area contributed by atoms with Gasteiger partial charge in [-0.1, -0.05) is 231 Å². The highest BCUT2D eigenvalue weighted by molar-refractivity contribution is 7.17. The molecular weight excluding hydrogens is 1110 g/mol. The Hall–Kier alpha value is -8.35. The molecule has 0 fully saturated rings. The number of hydrogen-bond donors (Lipinski definition) is 0. The average molecular weight is 1190 g/mol. The Morgan fingerprint density at radius 3 is 1.25 bits per heavy atom. The van der Waals surface area contributed by atoms with Gasteiger partial charge >= 0.3 is 0 Å². The van der Waals surface area contributed by atoms with Crippen LogP contribution in [-0.4, -0.2) is 0 Å². The van der Waals surface area contributed by atoms with Crippen LogP contribution in [0, 0.1) is 0 Å². The van der Waals surface area contributed by atoms with Crippen LogP contribution in [0.2, 0.25) is 5.02 Å². The summed E-state index contributed by atoms with van der Waals surface area (Å²) in [6.45, 7) is 34.2. The molecule has 0 aliphatic heterocycles. The van der Waals surface area contributed by atoms with Crippen LogP contribution in [0.3, 0.4) is 0 Å². The molecule has 88 heavy (non-hydrogen) atoms. The first-order chi connectivity index (χ1) is 41.7. The normalized spacial score (nSPS) is 12.5. The van der Waals surface area contributed by atoms with E-state index in [9.17, 15) is 0 Å². The summed E-state index contributed by atoms with van der Waals surface area (Å²) in [5.74, 6) is 0. The van der Waals surface area contributed by atoms with Gasteiger partial charge in [0, 0.05) is 60.2 Å². The molecule has 0 bridgehead atoms. The lowest BCUT2D eigenvalue weighted by atomic mass is 9.86. The summed E-state index contributed by atoms with van der Waals surface area (Å²) in [5, 5.41) is 6.25. The summed E-state index contributed by atoms with van der Waals surface area (Å²) >= 11 is 10.3. The second-order valence-corrected chi connectivity index (χ2v) is 30.3. The zero-order valence-electron chi connectivity index (χ0n) is 53.9. The lowest BCUT2D eigenvalue weighted by Crippen LogP contribution is -2.17. The van der Waals surface area contributed by atoms with Crippen LogP contribution >= 0.6 is 22.9 Å². The van der Waals surface area contributed by atoms with Gasteiger partial charge in [0.25, 0.3) is 0 Å². The standard InChI is InChI=1S/C82H82ClN3OS/c1-78(2,3)56-26-35-61(36-27-56)84(62-37-28-57(29-38-62)79(4,5)6)70-51-65(43-45-66(70)53-21-17-16-18-22-53)85(63-39-30-58(31-40-63)80(7,8)9)71-47-55(54-25-44-68-67-23-19-20-24-74(67)87-75(68)49-54)48-72(77(71)83)86(64-41-32-59(33-42-64)81(10,11)12)73-52-88-76-46-34-60(50-69(73)76)82(13,14)15/h16-52H,1-15H3. The Bertz CT molecular complexity index is 4440. The van der Waals surface area contributed by atoms with E-state index in [2.05, 4.69) is 336 Å². The number of rotatable bonds is 11. The molecule has 0 saturated carbocycles. The molecule has 0 amide bonds. The summed E-state index contributed by atoms with van der Waals surface area (Å²) in [7, 11) is 0. The molecule has 0 unspecified atom stereocenters. The van der Waals surface area contributed by atoms with Gasteiger partial charge in [0.2, 0.25) is 0 Å². The maximum Gasteiger partial charge on any atom is 0.136 e. The van der Waals surface area contributed by atoms with Crippen LogP contribution in [0.5, 0.6) is 0 Å². The molecule has 12 aromatic rings. The third-order valence-electron chi connectivity index (χ3n) is 17.4. The van der Waals surface area contributed by atoms with Crippen molar-refractivity contribution in [1.82, 2.24) is 0 Å². The van der Waals surface area contributed by atoms with Crippen LogP contribution in [0.25, 0.3) is 54.3 Å². The Morgan fingerprint density at radius 1 is 0.307 bits per heavy atom. The number of benzene rings is 10. The quantitative estimate of drug-likeness (QED) is 0.129. The Labute approximate surface area is 531 Å². The average Bonchev–Trinajstić information content (AvgIpc) is 1.17. The molecular formula is C82H82ClN3OS. The zero-order valence-corrected chi connectivity index (χ0v) is 55.5. The highest BCUT2D eigenvalue weighted by Gasteiger charge is 2.30. The van der Waals surface area contributed by atoms with E-state index in [4.69, 9.17) is 16.0 Å². The van der Waals surface area contributed by atoms with Crippen LogP contribution in [0.1, 0.15) is 132 Å². The number of thiophene rings is 1. The van der Waals surface area contributed by atoms with Crippen molar-refractivity contribution < 1.29 is 4.42 Å². The molecule has 0 spiro atoms. The molecule has 6 heteroatoms. The van der Waals surface area contributed by atoms with Crippen molar-refractivity contribution in [3.8, 4) is 22.3 Å².